The van der Waals surface area contributed by atoms with Gasteiger partial charge < -0.3 is 5.73 Å². The van der Waals surface area contributed by atoms with Gasteiger partial charge in [0.05, 0.1) is 10.7 Å². The lowest BCUT2D eigenvalue weighted by atomic mass is 10.2. The van der Waals surface area contributed by atoms with Gasteiger partial charge >= 0.3 is 0 Å². The van der Waals surface area contributed by atoms with Gasteiger partial charge in [-0.3, -0.25) is 4.98 Å². The molecule has 2 N–H and O–H groups in total. The van der Waals surface area contributed by atoms with Crippen LogP contribution >= 0.6 is 24.0 Å². The monoisotopic (exact) mass is 210 g/mol. The van der Waals surface area contributed by atoms with E-state index in [-0.39, 0.29) is 23.1 Å². The van der Waals surface area contributed by atoms with Crippen LogP contribution in [0.25, 0.3) is 0 Å². The summed E-state index contributed by atoms with van der Waals surface area (Å²) in [6, 6.07) is 0.969. The lowest BCUT2D eigenvalue weighted by Gasteiger charge is -2.05. The highest BCUT2D eigenvalue weighted by atomic mass is 35.5. The van der Waals surface area contributed by atoms with Gasteiger partial charge in [0.1, 0.15) is 0 Å². The fraction of sp³-hybridized carbons (Fsp3) is 0.286. The first-order valence-corrected chi connectivity index (χ1v) is 3.56. The Hall–Kier alpha value is -0.380. The molecule has 1 aromatic heterocycles. The highest BCUT2D eigenvalue weighted by Gasteiger charge is 2.10. The Bertz CT molecular complexity index is 266. The van der Waals surface area contributed by atoms with Gasteiger partial charge in [0.25, 0.3) is 0 Å². The van der Waals surface area contributed by atoms with Gasteiger partial charge in [-0.25, -0.2) is 4.39 Å². The van der Waals surface area contributed by atoms with Crippen molar-refractivity contribution in [2.45, 2.75) is 13.0 Å². The van der Waals surface area contributed by atoms with Gasteiger partial charge in [-0.15, -0.1) is 12.4 Å². The molecule has 1 unspecified atom stereocenters. The van der Waals surface area contributed by atoms with Crippen LogP contribution in [0.15, 0.2) is 12.3 Å². The van der Waals surface area contributed by atoms with Gasteiger partial charge in [0.2, 0.25) is 0 Å². The standard InChI is InChI=1S/C7H8ClFN2.ClH/c1-4(10)7-6(9)5(8)2-3-11-7;/h2-4H,10H2,1H3;1H. The van der Waals surface area contributed by atoms with Crippen LogP contribution in [0, 0.1) is 5.82 Å². The average molecular weight is 211 g/mol. The van der Waals surface area contributed by atoms with Gasteiger partial charge in [0.15, 0.2) is 5.82 Å². The molecule has 0 radical (unpaired) electrons. The number of aromatic nitrogens is 1. The van der Waals surface area contributed by atoms with E-state index in [9.17, 15) is 4.39 Å². The Morgan fingerprint density at radius 1 is 1.67 bits per heavy atom. The first kappa shape index (κ1) is 11.6. The molecule has 0 amide bonds. The van der Waals surface area contributed by atoms with E-state index in [1.54, 1.807) is 6.92 Å². The number of rotatable bonds is 1. The van der Waals surface area contributed by atoms with Crippen LogP contribution in [-0.2, 0) is 0 Å². The Kier molecular flexibility index (Phi) is 4.45. The fourth-order valence-electron chi connectivity index (χ4n) is 0.753. The second-order valence-corrected chi connectivity index (χ2v) is 2.69. The van der Waals surface area contributed by atoms with Gasteiger partial charge in [-0.2, -0.15) is 0 Å². The number of nitrogens with zero attached hydrogens (tertiary/aromatic N) is 1. The molecule has 1 heterocycles. The quantitative estimate of drug-likeness (QED) is 0.773. The predicted octanol–water partition coefficient (Wildman–Crippen LogP) is 2.32. The van der Waals surface area contributed by atoms with E-state index < -0.39 is 11.9 Å². The molecule has 1 aromatic rings. The van der Waals surface area contributed by atoms with Crippen LogP contribution in [0.4, 0.5) is 4.39 Å². The first-order valence-electron chi connectivity index (χ1n) is 3.18. The largest absolute Gasteiger partial charge is 0.323 e. The minimum Gasteiger partial charge on any atom is -0.323 e. The second-order valence-electron chi connectivity index (χ2n) is 2.28. The summed E-state index contributed by atoms with van der Waals surface area (Å²) in [5.74, 6) is -0.524. The Labute approximate surface area is 81.3 Å². The summed E-state index contributed by atoms with van der Waals surface area (Å²) in [5, 5.41) is 0.0623. The molecule has 68 valence electrons. The van der Waals surface area contributed by atoms with Crippen LogP contribution in [0.3, 0.4) is 0 Å². The van der Waals surface area contributed by atoms with E-state index >= 15 is 0 Å². The second kappa shape index (κ2) is 4.60. The SMILES string of the molecule is CC(N)c1nccc(Cl)c1F.Cl. The molecule has 2 nitrogen and oxygen atoms in total. The Morgan fingerprint density at radius 3 is 2.67 bits per heavy atom. The molecule has 0 aliphatic rings. The molecule has 0 saturated carbocycles. The summed E-state index contributed by atoms with van der Waals surface area (Å²) < 4.78 is 13.0. The molecule has 5 heteroatoms. The zero-order valence-corrected chi connectivity index (χ0v) is 7.99. The molecule has 12 heavy (non-hydrogen) atoms. The van der Waals surface area contributed by atoms with E-state index in [1.807, 2.05) is 0 Å². The average Bonchev–Trinajstić information content (AvgIpc) is 1.94. The van der Waals surface area contributed by atoms with Crippen LogP contribution in [0.5, 0.6) is 0 Å². The summed E-state index contributed by atoms with van der Waals surface area (Å²) in [7, 11) is 0. The molecule has 0 spiro atoms. The van der Waals surface area contributed by atoms with Crippen molar-refractivity contribution in [3.8, 4) is 0 Å². The molecular formula is C7H9Cl2FN2. The molecule has 0 aromatic carbocycles. The molecule has 0 saturated heterocycles. The van der Waals surface area contributed by atoms with Crippen molar-refractivity contribution in [1.29, 1.82) is 0 Å². The minimum atomic E-state index is -0.524. The summed E-state index contributed by atoms with van der Waals surface area (Å²) in [6.45, 7) is 1.65. The van der Waals surface area contributed by atoms with Gasteiger partial charge in [-0.05, 0) is 13.0 Å². The lowest BCUT2D eigenvalue weighted by Crippen LogP contribution is -2.09. The molecule has 1 rings (SSSR count). The van der Waals surface area contributed by atoms with Crippen molar-refractivity contribution < 1.29 is 4.39 Å². The zero-order valence-electron chi connectivity index (χ0n) is 6.42. The van der Waals surface area contributed by atoms with Crippen molar-refractivity contribution in [3.05, 3.63) is 28.8 Å². The van der Waals surface area contributed by atoms with Crippen molar-refractivity contribution >= 4 is 24.0 Å². The fourth-order valence-corrected chi connectivity index (χ4v) is 0.906. The number of pyridine rings is 1. The normalized spacial score (nSPS) is 12.0. The highest BCUT2D eigenvalue weighted by Crippen LogP contribution is 2.18. The Morgan fingerprint density at radius 2 is 2.25 bits per heavy atom. The summed E-state index contributed by atoms with van der Waals surface area (Å²) in [5.41, 5.74) is 5.63. The molecule has 0 aliphatic carbocycles. The summed E-state index contributed by atoms with van der Waals surface area (Å²) in [4.78, 5) is 3.75. The molecule has 0 fully saturated rings. The van der Waals surface area contributed by atoms with Crippen LogP contribution in [0.2, 0.25) is 5.02 Å². The smallest absolute Gasteiger partial charge is 0.164 e. The van der Waals surface area contributed by atoms with Crippen molar-refractivity contribution in [3.63, 3.8) is 0 Å². The highest BCUT2D eigenvalue weighted by molar-refractivity contribution is 6.30. The first-order chi connectivity index (χ1) is 5.13. The number of hydrogen-bond donors (Lipinski definition) is 1. The maximum atomic E-state index is 13.0. The number of halogens is 3. The lowest BCUT2D eigenvalue weighted by molar-refractivity contribution is 0.579. The maximum absolute atomic E-state index is 13.0. The Balaban J connectivity index is 0.00000121. The third-order valence-corrected chi connectivity index (χ3v) is 1.59. The predicted molar refractivity (Wildman–Crippen MR) is 49.1 cm³/mol. The topological polar surface area (TPSA) is 38.9 Å². The third-order valence-electron chi connectivity index (χ3n) is 1.30. The summed E-state index contributed by atoms with van der Waals surface area (Å²) in [6.07, 6.45) is 1.43. The van der Waals surface area contributed by atoms with Crippen molar-refractivity contribution in [1.82, 2.24) is 4.98 Å². The maximum Gasteiger partial charge on any atom is 0.164 e. The molecule has 0 aliphatic heterocycles. The van der Waals surface area contributed by atoms with E-state index in [2.05, 4.69) is 4.98 Å². The van der Waals surface area contributed by atoms with Crippen LogP contribution < -0.4 is 5.73 Å². The van der Waals surface area contributed by atoms with Crippen LogP contribution in [0.1, 0.15) is 18.7 Å². The van der Waals surface area contributed by atoms with E-state index in [4.69, 9.17) is 17.3 Å². The molecular weight excluding hydrogens is 202 g/mol. The van der Waals surface area contributed by atoms with E-state index in [0.717, 1.165) is 0 Å². The van der Waals surface area contributed by atoms with Crippen LogP contribution in [-0.4, -0.2) is 4.98 Å². The molecule has 0 bridgehead atoms. The van der Waals surface area contributed by atoms with Crippen molar-refractivity contribution in [2.24, 2.45) is 5.73 Å². The zero-order chi connectivity index (χ0) is 8.43. The third kappa shape index (κ3) is 2.30. The number of nitrogens with two attached hydrogens (primary N) is 1. The van der Waals surface area contributed by atoms with Gasteiger partial charge in [-0.1, -0.05) is 11.6 Å². The van der Waals surface area contributed by atoms with E-state index in [0.29, 0.717) is 0 Å². The van der Waals surface area contributed by atoms with Gasteiger partial charge in [0, 0.05) is 12.2 Å². The summed E-state index contributed by atoms with van der Waals surface area (Å²) >= 11 is 5.49. The van der Waals surface area contributed by atoms with E-state index in [1.165, 1.54) is 12.3 Å². The molecule has 1 atom stereocenters. The van der Waals surface area contributed by atoms with Crippen molar-refractivity contribution in [2.75, 3.05) is 0 Å². The number of hydrogen-bond acceptors (Lipinski definition) is 2. The minimum absolute atomic E-state index is 0.